The Morgan fingerprint density at radius 1 is 1.33 bits per heavy atom. The third-order valence-corrected chi connectivity index (χ3v) is 5.73. The highest BCUT2D eigenvalue weighted by Gasteiger charge is 2.37. The van der Waals surface area contributed by atoms with Crippen LogP contribution in [0.4, 0.5) is 0 Å². The number of nitrogens with one attached hydrogen (secondary N) is 1. The van der Waals surface area contributed by atoms with Gasteiger partial charge in [-0.15, -0.1) is 10.2 Å². The Hall–Kier alpha value is -2.81. The second kappa shape index (κ2) is 6.41. The van der Waals surface area contributed by atoms with E-state index in [1.165, 1.54) is 0 Å². The third-order valence-electron chi connectivity index (χ3n) is 5.73. The van der Waals surface area contributed by atoms with Crippen LogP contribution >= 0.6 is 0 Å². The molecule has 4 aromatic heterocycles. The Balaban J connectivity index is 1.47. The molecule has 0 bridgehead atoms. The summed E-state index contributed by atoms with van der Waals surface area (Å²) in [5, 5.41) is 21.8. The van der Waals surface area contributed by atoms with Crippen LogP contribution in [0, 0.1) is 11.8 Å². The van der Waals surface area contributed by atoms with Crippen LogP contribution < -0.4 is 0 Å². The standard InChI is InChI=1S/C18H21N7O2/c1-2-11-5-10(7-16-21-14(9-26)24-27-16)6-12(11)18-23-22-15-8-20-17-13(25(15)18)3-4-19-17/h3-4,8,10-12,19,26H,2,5-7,9H2,1H3/t10-,11+,12-/m0/s1. The van der Waals surface area contributed by atoms with Crippen LogP contribution in [-0.2, 0) is 13.0 Å². The molecule has 1 fully saturated rings. The van der Waals surface area contributed by atoms with Crippen molar-refractivity contribution in [2.75, 3.05) is 0 Å². The van der Waals surface area contributed by atoms with Crippen LogP contribution in [-0.4, -0.2) is 39.8 Å². The molecule has 0 aliphatic heterocycles. The number of hydrogen-bond acceptors (Lipinski definition) is 7. The van der Waals surface area contributed by atoms with Gasteiger partial charge in [0.2, 0.25) is 5.89 Å². The number of fused-ring (bicyclic) bond motifs is 3. The number of hydrogen-bond donors (Lipinski definition) is 2. The molecule has 4 aromatic rings. The van der Waals surface area contributed by atoms with Crippen molar-refractivity contribution in [1.82, 2.24) is 34.7 Å². The summed E-state index contributed by atoms with van der Waals surface area (Å²) in [5.41, 5.74) is 2.63. The van der Waals surface area contributed by atoms with E-state index >= 15 is 0 Å². The Morgan fingerprint density at radius 3 is 3.07 bits per heavy atom. The summed E-state index contributed by atoms with van der Waals surface area (Å²) in [7, 11) is 0. The third kappa shape index (κ3) is 2.69. The monoisotopic (exact) mass is 367 g/mol. The second-order valence-corrected chi connectivity index (χ2v) is 7.30. The van der Waals surface area contributed by atoms with Crippen LogP contribution in [0.25, 0.3) is 16.8 Å². The number of aromatic amines is 1. The number of nitrogens with zero attached hydrogens (tertiary/aromatic N) is 6. The summed E-state index contributed by atoms with van der Waals surface area (Å²) in [5.74, 6) is 3.26. The maximum Gasteiger partial charge on any atom is 0.227 e. The lowest BCUT2D eigenvalue weighted by Gasteiger charge is -2.16. The SMILES string of the molecule is CC[C@@H]1C[C@H](Cc2nc(CO)no2)C[C@@H]1c1nnc2cnc3[nH]ccc3n12. The van der Waals surface area contributed by atoms with E-state index in [9.17, 15) is 0 Å². The van der Waals surface area contributed by atoms with Gasteiger partial charge in [-0.2, -0.15) is 4.98 Å². The Labute approximate surface area is 154 Å². The van der Waals surface area contributed by atoms with Crippen LogP contribution in [0.1, 0.15) is 49.6 Å². The predicted molar refractivity (Wildman–Crippen MR) is 95.8 cm³/mol. The number of H-pyrrole nitrogens is 1. The fourth-order valence-corrected chi connectivity index (χ4v) is 4.50. The molecule has 0 saturated heterocycles. The van der Waals surface area contributed by atoms with Crippen molar-refractivity contribution in [2.45, 2.75) is 45.1 Å². The van der Waals surface area contributed by atoms with Gasteiger partial charge in [-0.3, -0.25) is 4.40 Å². The van der Waals surface area contributed by atoms with Crippen molar-refractivity contribution in [1.29, 1.82) is 0 Å². The van der Waals surface area contributed by atoms with Gasteiger partial charge in [-0.1, -0.05) is 18.5 Å². The molecule has 1 aliphatic carbocycles. The molecule has 27 heavy (non-hydrogen) atoms. The normalized spacial score (nSPS) is 23.0. The van der Waals surface area contributed by atoms with E-state index in [1.807, 2.05) is 12.3 Å². The zero-order valence-corrected chi connectivity index (χ0v) is 15.0. The maximum atomic E-state index is 9.12. The topological polar surface area (TPSA) is 118 Å². The average molecular weight is 367 g/mol. The highest BCUT2D eigenvalue weighted by molar-refractivity contribution is 5.74. The second-order valence-electron chi connectivity index (χ2n) is 7.30. The van der Waals surface area contributed by atoms with Crippen LogP contribution in [0.5, 0.6) is 0 Å². The van der Waals surface area contributed by atoms with E-state index in [4.69, 9.17) is 9.63 Å². The smallest absolute Gasteiger partial charge is 0.227 e. The maximum absolute atomic E-state index is 9.12. The van der Waals surface area contributed by atoms with Crippen molar-refractivity contribution in [3.8, 4) is 0 Å². The van der Waals surface area contributed by atoms with Crippen molar-refractivity contribution in [3.63, 3.8) is 0 Å². The molecule has 0 radical (unpaired) electrons. The van der Waals surface area contributed by atoms with Gasteiger partial charge in [0, 0.05) is 18.5 Å². The lowest BCUT2D eigenvalue weighted by atomic mass is 9.93. The summed E-state index contributed by atoms with van der Waals surface area (Å²) in [6.07, 6.45) is 7.57. The summed E-state index contributed by atoms with van der Waals surface area (Å²) in [6, 6.07) is 2.02. The Morgan fingerprint density at radius 2 is 2.26 bits per heavy atom. The van der Waals surface area contributed by atoms with Crippen molar-refractivity contribution >= 4 is 16.8 Å². The highest BCUT2D eigenvalue weighted by Crippen LogP contribution is 2.45. The minimum Gasteiger partial charge on any atom is -0.388 e. The molecular weight excluding hydrogens is 346 g/mol. The van der Waals surface area contributed by atoms with Gasteiger partial charge < -0.3 is 14.6 Å². The zero-order valence-electron chi connectivity index (χ0n) is 15.0. The number of aliphatic hydroxyl groups excluding tert-OH is 1. The summed E-state index contributed by atoms with van der Waals surface area (Å²) >= 11 is 0. The molecule has 9 nitrogen and oxygen atoms in total. The van der Waals surface area contributed by atoms with E-state index in [0.29, 0.717) is 29.5 Å². The Kier molecular flexibility index (Phi) is 3.89. The molecule has 140 valence electrons. The minimum absolute atomic E-state index is 0.194. The minimum atomic E-state index is -0.194. The van der Waals surface area contributed by atoms with Gasteiger partial charge in [0.25, 0.3) is 0 Å². The van der Waals surface area contributed by atoms with Crippen LogP contribution in [0.2, 0.25) is 0 Å². The van der Waals surface area contributed by atoms with E-state index in [2.05, 4.69) is 41.6 Å². The number of aliphatic hydroxyl groups is 1. The average Bonchev–Trinajstić information content (AvgIpc) is 3.45. The van der Waals surface area contributed by atoms with Crippen molar-refractivity contribution < 1.29 is 9.63 Å². The quantitative estimate of drug-likeness (QED) is 0.555. The van der Waals surface area contributed by atoms with Gasteiger partial charge in [0.1, 0.15) is 12.4 Å². The Bertz CT molecular complexity index is 1080. The van der Waals surface area contributed by atoms with Crippen molar-refractivity contribution in [2.24, 2.45) is 11.8 Å². The first-order valence-electron chi connectivity index (χ1n) is 9.36. The summed E-state index contributed by atoms with van der Waals surface area (Å²) < 4.78 is 7.39. The predicted octanol–water partition coefficient (Wildman–Crippen LogP) is 2.24. The zero-order chi connectivity index (χ0) is 18.4. The summed E-state index contributed by atoms with van der Waals surface area (Å²) in [6.45, 7) is 2.04. The van der Waals surface area contributed by atoms with Gasteiger partial charge in [-0.05, 0) is 30.7 Å². The fourth-order valence-electron chi connectivity index (χ4n) is 4.50. The van der Waals surface area contributed by atoms with Gasteiger partial charge in [0.15, 0.2) is 17.1 Å². The molecular formula is C18H21N7O2. The lowest BCUT2D eigenvalue weighted by Crippen LogP contribution is -2.09. The fraction of sp³-hybridized carbons (Fsp3) is 0.500. The van der Waals surface area contributed by atoms with Gasteiger partial charge >= 0.3 is 0 Å². The molecule has 3 atom stereocenters. The van der Waals surface area contributed by atoms with Gasteiger partial charge in [-0.25, -0.2) is 4.98 Å². The molecule has 9 heteroatoms. The van der Waals surface area contributed by atoms with E-state index in [1.54, 1.807) is 6.20 Å². The number of aromatic nitrogens is 7. The molecule has 4 heterocycles. The molecule has 0 amide bonds. The molecule has 0 spiro atoms. The molecule has 0 unspecified atom stereocenters. The molecule has 5 rings (SSSR count). The molecule has 0 aromatic carbocycles. The van der Waals surface area contributed by atoms with E-state index in [0.717, 1.165) is 48.3 Å². The molecule has 1 saturated carbocycles. The summed E-state index contributed by atoms with van der Waals surface area (Å²) in [4.78, 5) is 11.8. The number of rotatable bonds is 5. The van der Waals surface area contributed by atoms with E-state index in [-0.39, 0.29) is 6.61 Å². The molecule has 1 aliphatic rings. The largest absolute Gasteiger partial charge is 0.388 e. The van der Waals surface area contributed by atoms with Crippen molar-refractivity contribution in [3.05, 3.63) is 36.0 Å². The highest BCUT2D eigenvalue weighted by atomic mass is 16.5. The first-order valence-corrected chi connectivity index (χ1v) is 9.36. The van der Waals surface area contributed by atoms with E-state index < -0.39 is 0 Å². The first kappa shape index (κ1) is 16.4. The van der Waals surface area contributed by atoms with Crippen LogP contribution in [0.15, 0.2) is 23.0 Å². The lowest BCUT2D eigenvalue weighted by molar-refractivity contribution is 0.262. The first-order chi connectivity index (χ1) is 13.3. The van der Waals surface area contributed by atoms with Gasteiger partial charge in [0.05, 0.1) is 11.7 Å². The molecule has 2 N–H and O–H groups in total. The van der Waals surface area contributed by atoms with Crippen LogP contribution in [0.3, 0.4) is 0 Å².